The molecule has 9 atom stereocenters. The molecule has 4 aliphatic carbocycles. The lowest BCUT2D eigenvalue weighted by Crippen LogP contribution is -2.53. The second-order valence-electron chi connectivity index (χ2n) is 13.1. The van der Waals surface area contributed by atoms with Crippen molar-refractivity contribution in [2.75, 3.05) is 6.61 Å². The average molecular weight is 455 g/mol. The van der Waals surface area contributed by atoms with Crippen LogP contribution in [0.2, 0.25) is 0 Å². The van der Waals surface area contributed by atoms with Crippen LogP contribution in [-0.2, 0) is 14.3 Å². The van der Waals surface area contributed by atoms with Crippen LogP contribution in [-0.4, -0.2) is 18.9 Å². The van der Waals surface area contributed by atoms with Gasteiger partial charge in [0, 0.05) is 11.3 Å². The van der Waals surface area contributed by atoms with E-state index in [-0.39, 0.29) is 34.6 Å². The molecule has 0 heterocycles. The molecule has 4 rings (SSSR count). The van der Waals surface area contributed by atoms with Gasteiger partial charge in [0.15, 0.2) is 0 Å². The summed E-state index contributed by atoms with van der Waals surface area (Å²) in [6.45, 7) is 16.0. The van der Waals surface area contributed by atoms with Gasteiger partial charge in [-0.3, -0.25) is 4.79 Å². The molecule has 0 spiro atoms. The van der Waals surface area contributed by atoms with Crippen molar-refractivity contribution in [3.8, 4) is 0 Å². The molecule has 0 amide bonds. The fraction of sp³-hybridized carbons (Fsp3) is 0.800. The third-order valence-corrected chi connectivity index (χ3v) is 10.8. The maximum absolute atomic E-state index is 13.3. The fourth-order valence-electron chi connectivity index (χ4n) is 8.58. The Morgan fingerprint density at radius 1 is 1.21 bits per heavy atom. The van der Waals surface area contributed by atoms with Gasteiger partial charge in [-0.05, 0) is 85.9 Å². The number of aldehydes is 1. The Morgan fingerprint density at radius 3 is 2.67 bits per heavy atom. The smallest absolute Gasteiger partial charge is 0.309 e. The molecule has 184 valence electrons. The topological polar surface area (TPSA) is 43.4 Å². The van der Waals surface area contributed by atoms with E-state index in [1.54, 1.807) is 5.57 Å². The van der Waals surface area contributed by atoms with Gasteiger partial charge in [-0.1, -0.05) is 58.8 Å². The van der Waals surface area contributed by atoms with E-state index in [2.05, 4.69) is 46.4 Å². The van der Waals surface area contributed by atoms with Crippen LogP contribution in [0, 0.1) is 51.8 Å². The highest BCUT2D eigenvalue weighted by molar-refractivity contribution is 5.74. The predicted molar refractivity (Wildman–Crippen MR) is 133 cm³/mol. The van der Waals surface area contributed by atoms with Gasteiger partial charge in [0.05, 0.1) is 12.5 Å². The van der Waals surface area contributed by atoms with Crippen molar-refractivity contribution in [1.29, 1.82) is 0 Å². The molecule has 4 aliphatic rings. The quantitative estimate of drug-likeness (QED) is 0.243. The largest absolute Gasteiger partial charge is 0.465 e. The van der Waals surface area contributed by atoms with Gasteiger partial charge in [-0.15, -0.1) is 6.58 Å². The molecule has 0 radical (unpaired) electrons. The summed E-state index contributed by atoms with van der Waals surface area (Å²) < 4.78 is 6.16. The second kappa shape index (κ2) is 9.00. The Morgan fingerprint density at radius 2 is 1.97 bits per heavy atom. The zero-order chi connectivity index (χ0) is 24.0. The van der Waals surface area contributed by atoms with E-state index in [0.717, 1.165) is 38.4 Å². The minimum absolute atomic E-state index is 0.0253. The normalized spacial score (nSPS) is 45.8. The summed E-state index contributed by atoms with van der Waals surface area (Å²) in [6.07, 6.45) is 16.1. The summed E-state index contributed by atoms with van der Waals surface area (Å²) in [5.41, 5.74) is 2.22. The summed E-state index contributed by atoms with van der Waals surface area (Å²) >= 11 is 0. The van der Waals surface area contributed by atoms with Crippen molar-refractivity contribution in [1.82, 2.24) is 0 Å². The molecule has 0 aromatic heterocycles. The molecule has 0 aromatic rings. The number of ether oxygens (including phenoxy) is 1. The van der Waals surface area contributed by atoms with Crippen LogP contribution in [0.5, 0.6) is 0 Å². The van der Waals surface area contributed by atoms with Crippen molar-refractivity contribution in [2.45, 2.75) is 92.4 Å². The Kier molecular flexibility index (Phi) is 6.75. The summed E-state index contributed by atoms with van der Waals surface area (Å²) in [6, 6.07) is 0. The molecule has 0 aliphatic heterocycles. The van der Waals surface area contributed by atoms with Crippen molar-refractivity contribution < 1.29 is 14.3 Å². The SMILES string of the molecule is C=CC1(C)CCC2C(=CCC3C(C)(COC(=O)C4C(C)CCC4C(C)C=O)CCCC23C)C1. The van der Waals surface area contributed by atoms with E-state index in [9.17, 15) is 9.59 Å². The number of carbonyl (C=O) groups excluding carboxylic acids is 2. The molecule has 0 aromatic carbocycles. The first-order valence-corrected chi connectivity index (χ1v) is 13.5. The number of hydrogen-bond acceptors (Lipinski definition) is 3. The maximum Gasteiger partial charge on any atom is 0.309 e. The summed E-state index contributed by atoms with van der Waals surface area (Å²) in [7, 11) is 0. The third-order valence-electron chi connectivity index (χ3n) is 10.8. The molecule has 3 fully saturated rings. The minimum Gasteiger partial charge on any atom is -0.465 e. The Hall–Kier alpha value is -1.38. The van der Waals surface area contributed by atoms with Crippen molar-refractivity contribution in [2.24, 2.45) is 51.8 Å². The first-order valence-electron chi connectivity index (χ1n) is 13.5. The highest BCUT2D eigenvalue weighted by Crippen LogP contribution is 2.63. The number of hydrogen-bond donors (Lipinski definition) is 0. The minimum atomic E-state index is -0.128. The van der Waals surface area contributed by atoms with Gasteiger partial charge in [0.1, 0.15) is 6.29 Å². The van der Waals surface area contributed by atoms with Gasteiger partial charge < -0.3 is 9.53 Å². The molecule has 0 saturated heterocycles. The first-order chi connectivity index (χ1) is 15.6. The molecular weight excluding hydrogens is 408 g/mol. The van der Waals surface area contributed by atoms with Crippen LogP contribution in [0.4, 0.5) is 0 Å². The van der Waals surface area contributed by atoms with Crippen molar-refractivity contribution in [3.05, 3.63) is 24.3 Å². The van der Waals surface area contributed by atoms with Crippen LogP contribution in [0.15, 0.2) is 24.3 Å². The number of esters is 1. The average Bonchev–Trinajstić information content (AvgIpc) is 3.18. The highest BCUT2D eigenvalue weighted by atomic mass is 16.5. The lowest BCUT2D eigenvalue weighted by atomic mass is 9.45. The molecule has 3 saturated carbocycles. The Bertz CT molecular complexity index is 813. The lowest BCUT2D eigenvalue weighted by molar-refractivity contribution is -0.162. The van der Waals surface area contributed by atoms with Crippen LogP contribution in [0.25, 0.3) is 0 Å². The number of rotatable bonds is 6. The molecular formula is C30H46O3. The van der Waals surface area contributed by atoms with Gasteiger partial charge in [0.2, 0.25) is 0 Å². The van der Waals surface area contributed by atoms with E-state index in [1.807, 2.05) is 6.92 Å². The molecule has 0 bridgehead atoms. The van der Waals surface area contributed by atoms with Crippen molar-refractivity contribution in [3.63, 3.8) is 0 Å². The fourth-order valence-corrected chi connectivity index (χ4v) is 8.58. The van der Waals surface area contributed by atoms with E-state index in [0.29, 0.717) is 29.8 Å². The van der Waals surface area contributed by atoms with E-state index >= 15 is 0 Å². The van der Waals surface area contributed by atoms with Gasteiger partial charge in [-0.2, -0.15) is 0 Å². The number of carbonyl (C=O) groups is 2. The summed E-state index contributed by atoms with van der Waals surface area (Å²) in [4.78, 5) is 24.7. The van der Waals surface area contributed by atoms with E-state index in [4.69, 9.17) is 4.74 Å². The Labute approximate surface area is 201 Å². The molecule has 9 unspecified atom stereocenters. The summed E-state index contributed by atoms with van der Waals surface area (Å²) in [5.74, 6) is 1.39. The first kappa shape index (κ1) is 24.7. The van der Waals surface area contributed by atoms with Crippen LogP contribution in [0.3, 0.4) is 0 Å². The van der Waals surface area contributed by atoms with E-state index < -0.39 is 0 Å². The number of fused-ring (bicyclic) bond motifs is 3. The zero-order valence-electron chi connectivity index (χ0n) is 21.7. The Balaban J connectivity index is 1.49. The van der Waals surface area contributed by atoms with Crippen molar-refractivity contribution >= 4 is 12.3 Å². The molecule has 3 heteroatoms. The van der Waals surface area contributed by atoms with Gasteiger partial charge in [-0.25, -0.2) is 0 Å². The summed E-state index contributed by atoms with van der Waals surface area (Å²) in [5, 5.41) is 0. The molecule has 33 heavy (non-hydrogen) atoms. The predicted octanol–water partition coefficient (Wildman–Crippen LogP) is 7.16. The zero-order valence-corrected chi connectivity index (χ0v) is 21.7. The van der Waals surface area contributed by atoms with Crippen LogP contribution in [0.1, 0.15) is 92.4 Å². The van der Waals surface area contributed by atoms with Crippen LogP contribution >= 0.6 is 0 Å². The third kappa shape index (κ3) is 4.27. The number of allylic oxidation sites excluding steroid dienone is 3. The second-order valence-corrected chi connectivity index (χ2v) is 13.1. The standard InChI is InChI=1S/C30H46O3/c1-7-28(4)16-13-24-22(17-28)10-12-25-29(5,14-8-15-30(24,25)6)19-33-27(32)26-20(2)9-11-23(26)21(3)18-31/h7,10,18,20-21,23-26H,1,8-9,11-17,19H2,2-6H3. The van der Waals surface area contributed by atoms with Gasteiger partial charge >= 0.3 is 5.97 Å². The maximum atomic E-state index is 13.3. The molecule has 0 N–H and O–H groups in total. The van der Waals surface area contributed by atoms with Gasteiger partial charge in [0.25, 0.3) is 0 Å². The monoisotopic (exact) mass is 454 g/mol. The van der Waals surface area contributed by atoms with E-state index in [1.165, 1.54) is 25.7 Å². The van der Waals surface area contributed by atoms with Crippen LogP contribution < -0.4 is 0 Å². The highest BCUT2D eigenvalue weighted by Gasteiger charge is 2.56. The molecule has 3 nitrogen and oxygen atoms in total. The lowest BCUT2D eigenvalue weighted by Gasteiger charge is -2.59.